The molecular weight excluding hydrogens is 385 g/mol. The van der Waals surface area contributed by atoms with Crippen LogP contribution in [-0.2, 0) is 10.0 Å². The lowest BCUT2D eigenvalue weighted by atomic mass is 9.93. The minimum atomic E-state index is -3.81. The van der Waals surface area contributed by atoms with E-state index in [9.17, 15) is 17.6 Å². The second kappa shape index (κ2) is 7.15. The number of thiophene rings is 1. The zero-order chi connectivity index (χ0) is 18.2. The molecule has 2 heterocycles. The van der Waals surface area contributed by atoms with Crippen molar-refractivity contribution in [2.45, 2.75) is 24.7 Å². The predicted octanol–water partition coefficient (Wildman–Crippen LogP) is 4.13. The Bertz CT molecular complexity index is 910. The Morgan fingerprint density at radius 1 is 1.36 bits per heavy atom. The molecule has 0 unspecified atom stereocenters. The molecule has 8 heteroatoms. The van der Waals surface area contributed by atoms with Crippen LogP contribution in [0.4, 0.5) is 4.39 Å². The normalized spacial score (nSPS) is 19.1. The molecular formula is C17H17ClFNO3S2. The van der Waals surface area contributed by atoms with E-state index in [0.29, 0.717) is 24.3 Å². The Kier molecular flexibility index (Phi) is 5.29. The van der Waals surface area contributed by atoms with E-state index < -0.39 is 15.8 Å². The van der Waals surface area contributed by atoms with E-state index in [0.717, 1.165) is 17.7 Å². The number of aryl methyl sites for hydroxylation is 1. The molecule has 0 radical (unpaired) electrons. The molecule has 4 nitrogen and oxygen atoms in total. The molecule has 1 aromatic carbocycles. The molecule has 1 atom stereocenters. The quantitative estimate of drug-likeness (QED) is 0.724. The molecule has 1 fully saturated rings. The summed E-state index contributed by atoms with van der Waals surface area (Å²) in [5.41, 5.74) is 0.917. The Balaban J connectivity index is 1.84. The lowest BCUT2D eigenvalue weighted by molar-refractivity contribution is 0.0876. The molecule has 0 N–H and O–H groups in total. The summed E-state index contributed by atoms with van der Waals surface area (Å²) in [5.74, 6) is -1.04. The minimum absolute atomic E-state index is 0.00969. The maximum atomic E-state index is 13.3. The highest BCUT2D eigenvalue weighted by atomic mass is 35.5. The highest BCUT2D eigenvalue weighted by Gasteiger charge is 2.34. The number of sulfonamides is 1. The monoisotopic (exact) mass is 401 g/mol. The summed E-state index contributed by atoms with van der Waals surface area (Å²) in [6, 6.07) is 5.24. The van der Waals surface area contributed by atoms with E-state index in [1.807, 2.05) is 18.4 Å². The van der Waals surface area contributed by atoms with Gasteiger partial charge in [0.1, 0.15) is 5.82 Å². The fourth-order valence-electron chi connectivity index (χ4n) is 2.97. The number of carbonyl (C=O) groups is 1. The molecule has 2 aromatic rings. The number of ketones is 1. The Labute approximate surface area is 155 Å². The van der Waals surface area contributed by atoms with Gasteiger partial charge in [-0.1, -0.05) is 11.6 Å². The molecule has 0 aliphatic carbocycles. The molecule has 3 rings (SSSR count). The van der Waals surface area contributed by atoms with Crippen LogP contribution < -0.4 is 0 Å². The molecule has 25 heavy (non-hydrogen) atoms. The molecule has 134 valence electrons. The fourth-order valence-corrected chi connectivity index (χ4v) is 5.71. The van der Waals surface area contributed by atoms with Crippen LogP contribution in [0.5, 0.6) is 0 Å². The van der Waals surface area contributed by atoms with E-state index in [2.05, 4.69) is 0 Å². The van der Waals surface area contributed by atoms with E-state index >= 15 is 0 Å². The van der Waals surface area contributed by atoms with Crippen LogP contribution in [-0.4, -0.2) is 31.6 Å². The number of rotatable bonds is 4. The highest BCUT2D eigenvalue weighted by Crippen LogP contribution is 2.29. The van der Waals surface area contributed by atoms with Crippen LogP contribution in [0.25, 0.3) is 0 Å². The average molecular weight is 402 g/mol. The van der Waals surface area contributed by atoms with Gasteiger partial charge in [-0.3, -0.25) is 4.79 Å². The van der Waals surface area contributed by atoms with E-state index in [1.165, 1.54) is 21.7 Å². The van der Waals surface area contributed by atoms with Gasteiger partial charge >= 0.3 is 0 Å². The molecule has 1 aliphatic rings. The van der Waals surface area contributed by atoms with Crippen LogP contribution in [0.3, 0.4) is 0 Å². The summed E-state index contributed by atoms with van der Waals surface area (Å²) in [6.45, 7) is 2.35. The molecule has 0 bridgehead atoms. The van der Waals surface area contributed by atoms with Crippen molar-refractivity contribution in [3.8, 4) is 0 Å². The van der Waals surface area contributed by atoms with Crippen molar-refractivity contribution in [3.63, 3.8) is 0 Å². The van der Waals surface area contributed by atoms with Gasteiger partial charge < -0.3 is 0 Å². The summed E-state index contributed by atoms with van der Waals surface area (Å²) in [4.78, 5) is 13.3. The third-order valence-electron chi connectivity index (χ3n) is 4.37. The van der Waals surface area contributed by atoms with Gasteiger partial charge in [0.2, 0.25) is 10.0 Å². The van der Waals surface area contributed by atoms with Crippen molar-refractivity contribution in [2.24, 2.45) is 5.92 Å². The number of piperidine rings is 1. The van der Waals surface area contributed by atoms with Crippen molar-refractivity contribution in [2.75, 3.05) is 13.1 Å². The maximum absolute atomic E-state index is 13.3. The number of halogens is 2. The molecule has 1 aromatic heterocycles. The third kappa shape index (κ3) is 3.65. The molecule has 0 saturated carbocycles. The van der Waals surface area contributed by atoms with Crippen molar-refractivity contribution >= 4 is 38.7 Å². The second-order valence-corrected chi connectivity index (χ2v) is 9.34. The van der Waals surface area contributed by atoms with Gasteiger partial charge in [-0.2, -0.15) is 4.31 Å². The zero-order valence-electron chi connectivity index (χ0n) is 13.5. The maximum Gasteiger partial charge on any atom is 0.243 e. The summed E-state index contributed by atoms with van der Waals surface area (Å²) in [5, 5.41) is 1.63. The third-order valence-corrected chi connectivity index (χ3v) is 7.55. The molecule has 0 spiro atoms. The van der Waals surface area contributed by atoms with Crippen LogP contribution in [0, 0.1) is 18.7 Å². The first-order valence-electron chi connectivity index (χ1n) is 7.84. The summed E-state index contributed by atoms with van der Waals surface area (Å²) in [6.07, 6.45) is 1.27. The predicted molar refractivity (Wildman–Crippen MR) is 96.3 cm³/mol. The van der Waals surface area contributed by atoms with Gasteiger partial charge in [0.15, 0.2) is 5.78 Å². The van der Waals surface area contributed by atoms with Gasteiger partial charge in [-0.25, -0.2) is 12.8 Å². The lowest BCUT2D eigenvalue weighted by Gasteiger charge is -2.31. The average Bonchev–Trinajstić information content (AvgIpc) is 3.02. The van der Waals surface area contributed by atoms with Gasteiger partial charge in [-0.05, 0) is 55.0 Å². The SMILES string of the molecule is Cc1ccsc1C(=O)[C@@H]1CCCN(S(=O)(=O)c2ccc(F)c(Cl)c2)C1. The molecule has 0 amide bonds. The standard InChI is InChI=1S/C17H17ClFNO3S2/c1-11-6-8-24-17(11)16(21)12-3-2-7-20(10-12)25(22,23)13-4-5-15(19)14(18)9-13/h4-6,8-9,12H,2-3,7,10H2,1H3/t12-/m1/s1. The van der Waals surface area contributed by atoms with Crippen molar-refractivity contribution in [1.29, 1.82) is 0 Å². The Hall–Kier alpha value is -1.28. The number of carbonyl (C=O) groups excluding carboxylic acids is 1. The topological polar surface area (TPSA) is 54.5 Å². The van der Waals surface area contributed by atoms with Gasteiger partial charge in [0.25, 0.3) is 0 Å². The zero-order valence-corrected chi connectivity index (χ0v) is 15.9. The largest absolute Gasteiger partial charge is 0.293 e. The Morgan fingerprint density at radius 2 is 2.12 bits per heavy atom. The van der Waals surface area contributed by atoms with E-state index in [4.69, 9.17) is 11.6 Å². The van der Waals surface area contributed by atoms with Gasteiger partial charge in [0.05, 0.1) is 14.8 Å². The van der Waals surface area contributed by atoms with E-state index in [-0.39, 0.29) is 28.2 Å². The van der Waals surface area contributed by atoms with E-state index in [1.54, 1.807) is 0 Å². The first-order valence-corrected chi connectivity index (χ1v) is 10.5. The number of Topliss-reactive ketones (excluding diaryl/α,β-unsaturated/α-hetero) is 1. The van der Waals surface area contributed by atoms with Crippen molar-refractivity contribution < 1.29 is 17.6 Å². The second-order valence-electron chi connectivity index (χ2n) is 6.08. The van der Waals surface area contributed by atoms with Crippen LogP contribution in [0.2, 0.25) is 5.02 Å². The minimum Gasteiger partial charge on any atom is -0.293 e. The number of hydrogen-bond donors (Lipinski definition) is 0. The lowest BCUT2D eigenvalue weighted by Crippen LogP contribution is -2.42. The molecule has 1 aliphatic heterocycles. The van der Waals surface area contributed by atoms with Gasteiger partial charge in [0, 0.05) is 19.0 Å². The van der Waals surface area contributed by atoms with Crippen LogP contribution in [0.15, 0.2) is 34.5 Å². The van der Waals surface area contributed by atoms with Crippen LogP contribution >= 0.6 is 22.9 Å². The smallest absolute Gasteiger partial charge is 0.243 e. The first kappa shape index (κ1) is 18.5. The van der Waals surface area contributed by atoms with Crippen molar-refractivity contribution in [3.05, 3.63) is 50.9 Å². The number of hydrogen-bond acceptors (Lipinski definition) is 4. The summed E-state index contributed by atoms with van der Waals surface area (Å²) in [7, 11) is -3.81. The van der Waals surface area contributed by atoms with Gasteiger partial charge in [-0.15, -0.1) is 11.3 Å². The molecule has 1 saturated heterocycles. The number of nitrogens with zero attached hydrogens (tertiary/aromatic N) is 1. The Morgan fingerprint density at radius 3 is 2.76 bits per heavy atom. The summed E-state index contributed by atoms with van der Waals surface area (Å²) < 4.78 is 40.2. The first-order chi connectivity index (χ1) is 11.8. The number of benzene rings is 1. The van der Waals surface area contributed by atoms with Crippen LogP contribution in [0.1, 0.15) is 28.1 Å². The summed E-state index contributed by atoms with van der Waals surface area (Å²) >= 11 is 7.10. The highest BCUT2D eigenvalue weighted by molar-refractivity contribution is 7.89. The fraction of sp³-hybridized carbons (Fsp3) is 0.353. The van der Waals surface area contributed by atoms with Crippen molar-refractivity contribution in [1.82, 2.24) is 4.31 Å².